The lowest BCUT2D eigenvalue weighted by atomic mass is 10.2. The van der Waals surface area contributed by atoms with Crippen LogP contribution in [0.3, 0.4) is 0 Å². The Morgan fingerprint density at radius 2 is 1.83 bits per heavy atom. The second kappa shape index (κ2) is 7.12. The van der Waals surface area contributed by atoms with Crippen LogP contribution in [0.1, 0.15) is 16.1 Å². The Morgan fingerprint density at radius 1 is 1.07 bits per heavy atom. The molecule has 5 rings (SSSR count). The largest absolute Gasteiger partial charge is 0.340 e. The normalized spacial score (nSPS) is 11.1. The minimum absolute atomic E-state index is 0.235. The smallest absolute Gasteiger partial charge is 0.272 e. The van der Waals surface area contributed by atoms with Crippen LogP contribution in [0, 0.1) is 6.92 Å². The molecule has 0 atom stereocenters. The van der Waals surface area contributed by atoms with Gasteiger partial charge in [0, 0.05) is 17.4 Å². The monoisotopic (exact) mass is 416 g/mol. The molecule has 9 heteroatoms. The van der Waals surface area contributed by atoms with Crippen molar-refractivity contribution >= 4 is 49.7 Å². The number of hydrogen-bond acceptors (Lipinski definition) is 6. The Hall–Kier alpha value is -3.98. The van der Waals surface area contributed by atoms with Crippen LogP contribution in [0.15, 0.2) is 65.5 Å². The number of thiazole rings is 1. The molecule has 0 aliphatic heterocycles. The zero-order valence-corrected chi connectivity index (χ0v) is 16.7. The molecular formula is C21H16N6O2S. The van der Waals surface area contributed by atoms with E-state index >= 15 is 0 Å². The van der Waals surface area contributed by atoms with Crippen molar-refractivity contribution in [2.45, 2.75) is 6.92 Å². The summed E-state index contributed by atoms with van der Waals surface area (Å²) in [5.41, 5.74) is 2.29. The van der Waals surface area contributed by atoms with Crippen LogP contribution in [0.2, 0.25) is 0 Å². The van der Waals surface area contributed by atoms with Gasteiger partial charge in [0.25, 0.3) is 11.5 Å². The number of amides is 1. The fourth-order valence-electron chi connectivity index (χ4n) is 3.21. The van der Waals surface area contributed by atoms with Crippen LogP contribution in [-0.4, -0.2) is 25.5 Å². The molecule has 0 aliphatic carbocycles. The molecule has 0 aliphatic rings. The first-order valence-electron chi connectivity index (χ1n) is 9.20. The predicted octanol–water partition coefficient (Wildman–Crippen LogP) is 3.94. The first-order chi connectivity index (χ1) is 14.6. The highest BCUT2D eigenvalue weighted by Crippen LogP contribution is 2.28. The topological polar surface area (TPSA) is 104 Å². The third-order valence-electron chi connectivity index (χ3n) is 4.53. The Labute approximate surface area is 174 Å². The highest BCUT2D eigenvalue weighted by Gasteiger charge is 2.23. The van der Waals surface area contributed by atoms with Crippen molar-refractivity contribution in [3.8, 4) is 0 Å². The summed E-state index contributed by atoms with van der Waals surface area (Å²) in [6.45, 7) is 1.72. The summed E-state index contributed by atoms with van der Waals surface area (Å²) >= 11 is 1.38. The fraction of sp³-hybridized carbons (Fsp3) is 0.0476. The number of anilines is 3. The summed E-state index contributed by atoms with van der Waals surface area (Å²) in [6, 6.07) is 18.4. The third-order valence-corrected chi connectivity index (χ3v) is 5.48. The third kappa shape index (κ3) is 3.20. The van der Waals surface area contributed by atoms with Gasteiger partial charge in [-0.1, -0.05) is 41.7 Å². The van der Waals surface area contributed by atoms with Crippen LogP contribution >= 0.6 is 11.3 Å². The number of benzene rings is 2. The Balaban J connectivity index is 1.60. The van der Waals surface area contributed by atoms with E-state index in [0.717, 1.165) is 15.9 Å². The SMILES string of the molecule is Cc1cc(=O)n2[nH]c(Nc3ccccc3)c(C(=O)Nc3nc4ccccc4s3)c2n1. The average molecular weight is 416 g/mol. The molecule has 0 spiro atoms. The number of aromatic nitrogens is 4. The summed E-state index contributed by atoms with van der Waals surface area (Å²) in [5, 5.41) is 9.44. The van der Waals surface area contributed by atoms with Crippen molar-refractivity contribution in [1.29, 1.82) is 0 Å². The quantitative estimate of drug-likeness (QED) is 0.412. The maximum Gasteiger partial charge on any atom is 0.272 e. The van der Waals surface area contributed by atoms with Gasteiger partial charge >= 0.3 is 0 Å². The number of H-pyrrole nitrogens is 1. The first-order valence-corrected chi connectivity index (χ1v) is 10.0. The van der Waals surface area contributed by atoms with Crippen LogP contribution in [0.5, 0.6) is 0 Å². The van der Waals surface area contributed by atoms with Gasteiger partial charge in [-0.3, -0.25) is 20.0 Å². The predicted molar refractivity (Wildman–Crippen MR) is 118 cm³/mol. The number of aryl methyl sites for hydroxylation is 1. The van der Waals surface area contributed by atoms with Gasteiger partial charge in [0.1, 0.15) is 11.4 Å². The van der Waals surface area contributed by atoms with E-state index in [1.165, 1.54) is 21.9 Å². The fourth-order valence-corrected chi connectivity index (χ4v) is 4.07. The molecule has 148 valence electrons. The van der Waals surface area contributed by atoms with Gasteiger partial charge < -0.3 is 5.32 Å². The van der Waals surface area contributed by atoms with Crippen molar-refractivity contribution in [3.63, 3.8) is 0 Å². The van der Waals surface area contributed by atoms with E-state index in [-0.39, 0.29) is 16.8 Å². The maximum atomic E-state index is 13.2. The lowest BCUT2D eigenvalue weighted by molar-refractivity contribution is 0.102. The van der Waals surface area contributed by atoms with E-state index < -0.39 is 5.91 Å². The van der Waals surface area contributed by atoms with Gasteiger partial charge in [0.15, 0.2) is 10.8 Å². The summed E-state index contributed by atoms with van der Waals surface area (Å²) in [6.07, 6.45) is 0. The van der Waals surface area contributed by atoms with Gasteiger partial charge in [-0.25, -0.2) is 9.97 Å². The number of nitrogens with one attached hydrogen (secondary N) is 3. The van der Waals surface area contributed by atoms with E-state index in [0.29, 0.717) is 16.6 Å². The number of nitrogens with zero attached hydrogens (tertiary/aromatic N) is 3. The van der Waals surface area contributed by atoms with E-state index in [1.807, 2.05) is 54.6 Å². The molecule has 0 unspecified atom stereocenters. The maximum absolute atomic E-state index is 13.2. The minimum atomic E-state index is -0.413. The lowest BCUT2D eigenvalue weighted by Crippen LogP contribution is -2.17. The molecule has 1 amide bonds. The van der Waals surface area contributed by atoms with Crippen molar-refractivity contribution in [3.05, 3.63) is 82.3 Å². The number of para-hydroxylation sites is 2. The second-order valence-corrected chi connectivity index (χ2v) is 7.72. The Morgan fingerprint density at radius 3 is 2.63 bits per heavy atom. The standard InChI is InChI=1S/C21H16N6O2S/c1-12-11-16(28)27-19(22-12)17(18(26-27)23-13-7-3-2-4-8-13)20(29)25-21-24-14-9-5-6-10-15(14)30-21/h2-11,23,26H,1H3,(H,24,25,29). The summed E-state index contributed by atoms with van der Waals surface area (Å²) in [5.74, 6) is -0.0428. The minimum Gasteiger partial charge on any atom is -0.340 e. The van der Waals surface area contributed by atoms with E-state index in [2.05, 4.69) is 25.7 Å². The number of fused-ring (bicyclic) bond motifs is 2. The zero-order valence-electron chi connectivity index (χ0n) is 15.8. The van der Waals surface area contributed by atoms with Crippen LogP contribution in [0.25, 0.3) is 15.9 Å². The van der Waals surface area contributed by atoms with Gasteiger partial charge in [0.05, 0.1) is 10.2 Å². The summed E-state index contributed by atoms with van der Waals surface area (Å²) in [7, 11) is 0. The lowest BCUT2D eigenvalue weighted by Gasteiger charge is -2.06. The molecule has 2 aromatic carbocycles. The number of aromatic amines is 1. The summed E-state index contributed by atoms with van der Waals surface area (Å²) < 4.78 is 2.23. The molecule has 5 aromatic rings. The van der Waals surface area contributed by atoms with Crippen LogP contribution in [0.4, 0.5) is 16.6 Å². The molecule has 8 nitrogen and oxygen atoms in total. The van der Waals surface area contributed by atoms with E-state index in [9.17, 15) is 9.59 Å². The van der Waals surface area contributed by atoms with Gasteiger partial charge in [-0.2, -0.15) is 4.52 Å². The van der Waals surface area contributed by atoms with E-state index in [1.54, 1.807) is 6.92 Å². The second-order valence-electron chi connectivity index (χ2n) is 6.69. The average Bonchev–Trinajstić information content (AvgIpc) is 3.29. The number of carbonyl (C=O) groups excluding carboxylic acids is 1. The molecule has 30 heavy (non-hydrogen) atoms. The van der Waals surface area contributed by atoms with Gasteiger partial charge in [-0.05, 0) is 31.2 Å². The van der Waals surface area contributed by atoms with Gasteiger partial charge in [-0.15, -0.1) is 0 Å². The molecule has 0 saturated carbocycles. The summed E-state index contributed by atoms with van der Waals surface area (Å²) in [4.78, 5) is 34.6. The van der Waals surface area contributed by atoms with Crippen molar-refractivity contribution in [2.24, 2.45) is 0 Å². The number of hydrogen-bond donors (Lipinski definition) is 3. The molecule has 0 radical (unpaired) electrons. The van der Waals surface area contributed by atoms with Crippen molar-refractivity contribution in [2.75, 3.05) is 10.6 Å². The highest BCUT2D eigenvalue weighted by molar-refractivity contribution is 7.22. The Bertz CT molecular complexity index is 1420. The first kappa shape index (κ1) is 18.1. The molecule has 0 saturated heterocycles. The van der Waals surface area contributed by atoms with Crippen LogP contribution < -0.4 is 16.2 Å². The van der Waals surface area contributed by atoms with Crippen LogP contribution in [-0.2, 0) is 0 Å². The molecule has 3 N–H and O–H groups in total. The highest BCUT2D eigenvalue weighted by atomic mass is 32.1. The molecule has 3 heterocycles. The Kier molecular flexibility index (Phi) is 4.29. The molecule has 0 bridgehead atoms. The van der Waals surface area contributed by atoms with Crippen molar-refractivity contribution < 1.29 is 4.79 Å². The zero-order chi connectivity index (χ0) is 20.7. The number of rotatable bonds is 4. The molecular weight excluding hydrogens is 400 g/mol. The van der Waals surface area contributed by atoms with E-state index in [4.69, 9.17) is 0 Å². The molecule has 3 aromatic heterocycles. The van der Waals surface area contributed by atoms with Crippen molar-refractivity contribution in [1.82, 2.24) is 19.6 Å². The van der Waals surface area contributed by atoms with Gasteiger partial charge in [0.2, 0.25) is 0 Å². The number of carbonyl (C=O) groups is 1. The molecule has 0 fully saturated rings.